The number of H-pyrrole nitrogens is 3. The number of aryl methyl sites for hydroxylation is 9. The number of aromatic nitrogens is 36. The Labute approximate surface area is 645 Å². The van der Waals surface area contributed by atoms with Gasteiger partial charge in [0.15, 0.2) is 58.7 Å². The van der Waals surface area contributed by atoms with Crippen LogP contribution in [0.5, 0.6) is 0 Å². The standard InChI is InChI=1S/C32H26N16.C32H24N16.C4H5N3O.C4H5N.ClH.Mn.H2/c2*1-45-13-33-41-29(45)25-17-5-7-19(37-17)26(30-42-34-14-46(30)2)21-9-11-23(39-21)28(32-44-36-16-48(32)4)24-12-10-22(40-24)27(20-8-6-18(25)38-20)31-43-35-15-47(31)3;1-7-3-5-6-4(7)2-8;1-2-4-5-3-1;;;/h5-16,37,40H,1-4H3;5-16H,1-4H3;2-3H,1H3;1-5H;1H;;1H/q;-2;;;;+3;/p-1/i;;;;;;1+1. The monoisotopic (exact) mass is 1540 g/mol. The molecule has 0 aliphatic carbocycles. The van der Waals surface area contributed by atoms with Crippen molar-refractivity contribution in [1.82, 2.24) is 178 Å². The summed E-state index contributed by atoms with van der Waals surface area (Å²) in [5.74, 6) is 5.37. The van der Waals surface area contributed by atoms with Crippen LogP contribution in [0.25, 0.3) is 184 Å². The molecule has 20 heterocycles. The van der Waals surface area contributed by atoms with Gasteiger partial charge in [-0.1, -0.05) is 24.3 Å². The van der Waals surface area contributed by atoms with Gasteiger partial charge >= 0.3 is 17.1 Å². The van der Waals surface area contributed by atoms with E-state index in [1.54, 1.807) is 62.2 Å². The first-order valence-corrected chi connectivity index (χ1v) is 33.6. The number of rotatable bonds is 9. The van der Waals surface area contributed by atoms with E-state index in [2.05, 4.69) is 107 Å². The van der Waals surface area contributed by atoms with E-state index in [0.717, 1.165) is 44.3 Å². The fourth-order valence-corrected chi connectivity index (χ4v) is 12.9. The molecule has 0 saturated carbocycles. The minimum atomic E-state index is 0. The van der Waals surface area contributed by atoms with Crippen LogP contribution in [0.1, 0.15) is 57.6 Å². The average Bonchev–Trinajstić information content (AvgIpc) is 1.61. The second-order valence-electron chi connectivity index (χ2n) is 25.3. The molecule has 16 aromatic rings. The normalized spacial score (nSPS) is 11.8. The van der Waals surface area contributed by atoms with Crippen molar-refractivity contribution in [3.8, 4) is 91.1 Å². The molecule has 0 spiro atoms. The maximum atomic E-state index is 9.97. The zero-order valence-corrected chi connectivity index (χ0v) is 62.2. The van der Waals surface area contributed by atoms with Gasteiger partial charge in [0.05, 0.1) is 89.9 Å². The number of hydrogen-bond donors (Lipinski definition) is 3. The largest absolute Gasteiger partial charge is 3.00 e. The molecule has 550 valence electrons. The summed E-state index contributed by atoms with van der Waals surface area (Å²) >= 11 is 0. The zero-order chi connectivity index (χ0) is 74.6. The molecule has 4 aliphatic heterocycles. The van der Waals surface area contributed by atoms with E-state index in [1.807, 2.05) is 215 Å². The molecule has 0 unspecified atom stereocenters. The third-order valence-electron chi connectivity index (χ3n) is 18.2. The first kappa shape index (κ1) is 71.8. The van der Waals surface area contributed by atoms with Gasteiger partial charge in [-0.2, -0.15) is 0 Å². The summed E-state index contributed by atoms with van der Waals surface area (Å²) in [6, 6.07) is 19.7. The molecular formula is C72H62ClMnN36O. The van der Waals surface area contributed by atoms with Gasteiger partial charge in [-0.25, -0.2) is 19.9 Å². The second-order valence-corrected chi connectivity index (χ2v) is 25.3. The van der Waals surface area contributed by atoms with E-state index in [4.69, 9.17) is 29.9 Å². The first-order chi connectivity index (χ1) is 53.2. The number of nitrogens with one attached hydrogen (secondary N) is 3. The summed E-state index contributed by atoms with van der Waals surface area (Å²) in [6.45, 7) is 0. The molecule has 16 bridgehead atoms. The van der Waals surface area contributed by atoms with Gasteiger partial charge in [0, 0.05) is 99.5 Å². The van der Waals surface area contributed by atoms with Gasteiger partial charge < -0.3 is 78.4 Å². The predicted molar refractivity (Wildman–Crippen MR) is 405 cm³/mol. The van der Waals surface area contributed by atoms with Crippen molar-refractivity contribution in [1.29, 1.82) is 0 Å². The third kappa shape index (κ3) is 13.2. The predicted octanol–water partition coefficient (Wildman–Crippen LogP) is 4.82. The molecule has 0 radical (unpaired) electrons. The summed E-state index contributed by atoms with van der Waals surface area (Å²) in [5, 5.41) is 76.1. The van der Waals surface area contributed by atoms with Gasteiger partial charge in [-0.05, 0) is 85.0 Å². The van der Waals surface area contributed by atoms with Crippen molar-refractivity contribution in [3.05, 3.63) is 181 Å². The molecule has 0 saturated heterocycles. The van der Waals surface area contributed by atoms with E-state index in [0.29, 0.717) is 149 Å². The molecule has 39 heteroatoms. The van der Waals surface area contributed by atoms with Crippen LogP contribution >= 0.6 is 0 Å². The molecule has 3 N–H and O–H groups in total. The smallest absolute Gasteiger partial charge is 1.00 e. The Morgan fingerprint density at radius 1 is 0.297 bits per heavy atom. The van der Waals surface area contributed by atoms with E-state index in [9.17, 15) is 4.79 Å². The zero-order valence-electron chi connectivity index (χ0n) is 60.2. The van der Waals surface area contributed by atoms with Crippen molar-refractivity contribution >= 4 is 99.0 Å². The molecule has 37 nitrogen and oxygen atoms in total. The number of carbonyl (C=O) groups excluding carboxylic acids is 1. The van der Waals surface area contributed by atoms with Crippen molar-refractivity contribution in [2.24, 2.45) is 63.4 Å². The van der Waals surface area contributed by atoms with Crippen LogP contribution < -0.4 is 22.4 Å². The summed E-state index contributed by atoms with van der Waals surface area (Å²) in [4.78, 5) is 51.0. The maximum absolute atomic E-state index is 9.97. The molecule has 111 heavy (non-hydrogen) atoms. The van der Waals surface area contributed by atoms with Crippen molar-refractivity contribution < 1.29 is 35.7 Å². The second kappa shape index (κ2) is 29.9. The van der Waals surface area contributed by atoms with Crippen LogP contribution in [-0.4, -0.2) is 174 Å². The van der Waals surface area contributed by atoms with Gasteiger partial charge in [0.2, 0.25) is 0 Å². The fraction of sp³-hybridized carbons (Fsp3) is 0.125. The molecule has 0 fully saturated rings. The maximum Gasteiger partial charge on any atom is 3.00 e. The summed E-state index contributed by atoms with van der Waals surface area (Å²) in [6.07, 6.45) is 34.9. The summed E-state index contributed by atoms with van der Waals surface area (Å²) in [7, 11) is 16.9. The summed E-state index contributed by atoms with van der Waals surface area (Å²) < 4.78 is 16.4. The molecule has 4 aliphatic rings. The SMILES string of the molecule is Cn1cnnc1-c1c2nc(c(-c3nncn3C)c3ccc([n-]3)c(-c3nncn3C)c3nc(c(-c4nncn4C)c4ccc1[n-]4)C=C3)C=C2.Cn1cnnc1-c1c2nc(c(-c3nncn3C)c3ccc([nH]3)c(-c3nncn3C)c3nc(c(-c4nncn4C)c4ccc1[nH]4)C=C3)C=C2.Cn1cnnc1C=O.[2HH].[Cl-].[Mn+3].c1cc[nH]c1. The third-order valence-corrected chi connectivity index (χ3v) is 18.2. The Morgan fingerprint density at radius 2 is 0.505 bits per heavy atom. The molecule has 0 aromatic carbocycles. The van der Waals surface area contributed by atoms with Gasteiger partial charge in [0.25, 0.3) is 0 Å². The Balaban J connectivity index is 0.000000156. The number of hydrogen-bond acceptors (Lipinski definition) is 23. The summed E-state index contributed by atoms with van der Waals surface area (Å²) in [5.41, 5.74) is 17.1. The van der Waals surface area contributed by atoms with Crippen LogP contribution in [0, 0.1) is 0 Å². The molecule has 16 aromatic heterocycles. The number of aromatic amines is 3. The number of aldehydes is 1. The fourth-order valence-electron chi connectivity index (χ4n) is 12.9. The van der Waals surface area contributed by atoms with Crippen LogP contribution in [0.2, 0.25) is 0 Å². The molecule has 0 amide bonds. The van der Waals surface area contributed by atoms with Gasteiger partial charge in [0.1, 0.15) is 56.9 Å². The Kier molecular flexibility index (Phi) is 19.3. The van der Waals surface area contributed by atoms with Crippen molar-refractivity contribution in [2.45, 2.75) is 0 Å². The Bertz CT molecular complexity index is 5620. The molecule has 20 rings (SSSR count). The van der Waals surface area contributed by atoms with Crippen LogP contribution in [0.4, 0.5) is 0 Å². The first-order valence-electron chi connectivity index (χ1n) is 33.6. The van der Waals surface area contributed by atoms with Crippen LogP contribution in [0.3, 0.4) is 0 Å². The van der Waals surface area contributed by atoms with Crippen molar-refractivity contribution in [2.75, 3.05) is 0 Å². The number of carbonyl (C=O) groups is 1. The van der Waals surface area contributed by atoms with Crippen LogP contribution in [-0.2, 0) is 80.5 Å². The van der Waals surface area contributed by atoms with E-state index >= 15 is 0 Å². The van der Waals surface area contributed by atoms with Crippen LogP contribution in [0.15, 0.2) is 130 Å². The Hall–Kier alpha value is -14.8. The Morgan fingerprint density at radius 3 is 0.676 bits per heavy atom. The number of halogens is 1. The van der Waals surface area contributed by atoms with E-state index in [1.165, 1.54) is 6.33 Å². The minimum Gasteiger partial charge on any atom is -1.00 e. The topological polar surface area (TPSA) is 421 Å². The van der Waals surface area contributed by atoms with Gasteiger partial charge in [-0.15, -0.1) is 114 Å². The van der Waals surface area contributed by atoms with E-state index < -0.39 is 0 Å². The van der Waals surface area contributed by atoms with Crippen molar-refractivity contribution in [3.63, 3.8) is 0 Å². The molecular weight excluding hydrogens is 1480 g/mol. The quantitative estimate of drug-likeness (QED) is 0.129. The van der Waals surface area contributed by atoms with E-state index in [-0.39, 0.29) is 30.9 Å². The number of fused-ring (bicyclic) bond motifs is 16. The average molecular weight is 1540 g/mol. The minimum absolute atomic E-state index is 0. The van der Waals surface area contributed by atoms with Gasteiger partial charge in [-0.3, -0.25) is 4.79 Å². The number of nitrogens with zero attached hydrogens (tertiary/aromatic N) is 33. The molecule has 0 atom stereocenters.